The Balaban J connectivity index is 3.06. The molecule has 0 saturated carbocycles. The normalized spacial score (nSPS) is 10.8. The molecule has 4 nitrogen and oxygen atoms in total. The zero-order valence-electron chi connectivity index (χ0n) is 9.32. The summed E-state index contributed by atoms with van der Waals surface area (Å²) in [5.74, 6) is -0.378. The lowest BCUT2D eigenvalue weighted by Crippen LogP contribution is -2.20. The largest absolute Gasteiger partial charge is 0.428 e. The van der Waals surface area contributed by atoms with Crippen molar-refractivity contribution in [3.8, 4) is 0 Å². The number of carbonyl (C=O) groups is 1. The van der Waals surface area contributed by atoms with E-state index in [1.807, 2.05) is 0 Å². The molecule has 0 saturated heterocycles. The predicted molar refractivity (Wildman–Crippen MR) is 65.1 cm³/mol. The van der Waals surface area contributed by atoms with Crippen molar-refractivity contribution in [1.29, 1.82) is 0 Å². The van der Waals surface area contributed by atoms with Crippen molar-refractivity contribution in [3.63, 3.8) is 0 Å². The first kappa shape index (κ1) is 11.7. The number of nitrogens with zero attached hydrogens (tertiary/aromatic N) is 1. The summed E-state index contributed by atoms with van der Waals surface area (Å²) in [6.45, 7) is 2.81. The van der Waals surface area contributed by atoms with Crippen LogP contribution in [0.2, 0.25) is 5.02 Å². The van der Waals surface area contributed by atoms with E-state index in [-0.39, 0.29) is 22.4 Å². The smallest absolute Gasteiger partial charge is 0.200 e. The molecular formula is C12H10ClNO3. The maximum absolute atomic E-state index is 12.1. The van der Waals surface area contributed by atoms with Crippen LogP contribution in [-0.4, -0.2) is 15.7 Å². The van der Waals surface area contributed by atoms with Gasteiger partial charge in [0.2, 0.25) is 5.43 Å². The number of benzene rings is 1. The highest BCUT2D eigenvalue weighted by Crippen LogP contribution is 2.19. The number of hydrogen-bond acceptors (Lipinski definition) is 3. The molecule has 5 heteroatoms. The molecule has 2 rings (SSSR count). The Morgan fingerprint density at radius 3 is 2.65 bits per heavy atom. The number of carbonyl (C=O) groups excluding carboxylic acids is 1. The first-order valence-corrected chi connectivity index (χ1v) is 5.36. The van der Waals surface area contributed by atoms with Crippen molar-refractivity contribution >= 4 is 28.3 Å². The van der Waals surface area contributed by atoms with Gasteiger partial charge in [0.15, 0.2) is 5.78 Å². The molecule has 0 atom stereocenters. The lowest BCUT2D eigenvalue weighted by molar-refractivity contribution is 0.101. The van der Waals surface area contributed by atoms with Gasteiger partial charge in [-0.3, -0.25) is 9.59 Å². The molecule has 88 valence electrons. The SMILES string of the molecule is CC(=O)c1c(C)n(O)c2ccc(Cl)cc2c1=O. The van der Waals surface area contributed by atoms with Crippen LogP contribution in [0.25, 0.3) is 10.9 Å². The second-order valence-corrected chi connectivity index (χ2v) is 4.26. The summed E-state index contributed by atoms with van der Waals surface area (Å²) in [6, 6.07) is 4.55. The van der Waals surface area contributed by atoms with Gasteiger partial charge in [-0.05, 0) is 32.0 Å². The van der Waals surface area contributed by atoms with Crippen LogP contribution in [0.15, 0.2) is 23.0 Å². The Morgan fingerprint density at radius 2 is 2.06 bits per heavy atom. The lowest BCUT2D eigenvalue weighted by Gasteiger charge is -2.10. The van der Waals surface area contributed by atoms with Crippen LogP contribution in [-0.2, 0) is 0 Å². The summed E-state index contributed by atoms with van der Waals surface area (Å²) in [4.78, 5) is 23.5. The summed E-state index contributed by atoms with van der Waals surface area (Å²) in [6.07, 6.45) is 0. The van der Waals surface area contributed by atoms with Crippen LogP contribution in [0.5, 0.6) is 0 Å². The van der Waals surface area contributed by atoms with Crippen LogP contribution in [0, 0.1) is 6.92 Å². The summed E-state index contributed by atoms with van der Waals surface area (Å²) in [5.41, 5.74) is 0.152. The fourth-order valence-corrected chi connectivity index (χ4v) is 2.05. The Labute approximate surface area is 102 Å². The lowest BCUT2D eigenvalue weighted by atomic mass is 10.1. The van der Waals surface area contributed by atoms with E-state index in [0.717, 1.165) is 4.73 Å². The Hall–Kier alpha value is -1.81. The minimum atomic E-state index is -0.405. The Kier molecular flexibility index (Phi) is 2.67. The molecule has 1 N–H and O–H groups in total. The molecule has 0 amide bonds. The highest BCUT2D eigenvalue weighted by atomic mass is 35.5. The van der Waals surface area contributed by atoms with Crippen molar-refractivity contribution in [3.05, 3.63) is 44.7 Å². The second-order valence-electron chi connectivity index (χ2n) is 3.82. The third-order valence-electron chi connectivity index (χ3n) is 2.69. The van der Waals surface area contributed by atoms with E-state index in [1.165, 1.54) is 26.0 Å². The molecule has 2 aromatic rings. The minimum absolute atomic E-state index is 0.0118. The minimum Gasteiger partial charge on any atom is -0.428 e. The predicted octanol–water partition coefficient (Wildman–Crippen LogP) is 2.40. The zero-order chi connectivity index (χ0) is 12.7. The molecule has 0 aliphatic rings. The molecule has 1 aromatic heterocycles. The van der Waals surface area contributed by atoms with Crippen molar-refractivity contribution in [2.45, 2.75) is 13.8 Å². The fraction of sp³-hybridized carbons (Fsp3) is 0.167. The first-order valence-electron chi connectivity index (χ1n) is 4.98. The molecule has 0 radical (unpaired) electrons. The topological polar surface area (TPSA) is 59.3 Å². The molecule has 17 heavy (non-hydrogen) atoms. The van der Waals surface area contributed by atoms with Gasteiger partial charge in [0, 0.05) is 5.02 Å². The van der Waals surface area contributed by atoms with Gasteiger partial charge in [-0.25, -0.2) is 0 Å². The van der Waals surface area contributed by atoms with Gasteiger partial charge in [-0.2, -0.15) is 4.73 Å². The molecular weight excluding hydrogens is 242 g/mol. The molecule has 0 aliphatic carbocycles. The van der Waals surface area contributed by atoms with Gasteiger partial charge in [-0.15, -0.1) is 0 Å². The number of aromatic nitrogens is 1. The van der Waals surface area contributed by atoms with Gasteiger partial charge in [-0.1, -0.05) is 11.6 Å². The maximum Gasteiger partial charge on any atom is 0.200 e. The van der Waals surface area contributed by atoms with Gasteiger partial charge >= 0.3 is 0 Å². The quantitative estimate of drug-likeness (QED) is 0.625. The van der Waals surface area contributed by atoms with E-state index in [9.17, 15) is 14.8 Å². The van der Waals surface area contributed by atoms with E-state index < -0.39 is 5.43 Å². The number of halogens is 1. The van der Waals surface area contributed by atoms with Crippen molar-refractivity contribution in [2.24, 2.45) is 0 Å². The van der Waals surface area contributed by atoms with Gasteiger partial charge in [0.05, 0.1) is 22.2 Å². The Bertz CT molecular complexity index is 688. The first-order chi connectivity index (χ1) is 7.93. The van der Waals surface area contributed by atoms with Crippen LogP contribution in [0.1, 0.15) is 23.0 Å². The molecule has 0 spiro atoms. The van der Waals surface area contributed by atoms with Crippen molar-refractivity contribution in [2.75, 3.05) is 0 Å². The summed E-state index contributed by atoms with van der Waals surface area (Å²) < 4.78 is 0.837. The highest BCUT2D eigenvalue weighted by molar-refractivity contribution is 6.31. The van der Waals surface area contributed by atoms with E-state index in [2.05, 4.69) is 0 Å². The number of fused-ring (bicyclic) bond motifs is 1. The third-order valence-corrected chi connectivity index (χ3v) is 2.93. The second kappa shape index (κ2) is 3.89. The average Bonchev–Trinajstić information content (AvgIpc) is 2.26. The zero-order valence-corrected chi connectivity index (χ0v) is 10.1. The van der Waals surface area contributed by atoms with E-state index in [1.54, 1.807) is 6.07 Å². The maximum atomic E-state index is 12.1. The Morgan fingerprint density at radius 1 is 1.41 bits per heavy atom. The van der Waals surface area contributed by atoms with Crippen LogP contribution in [0.4, 0.5) is 0 Å². The number of hydrogen-bond donors (Lipinski definition) is 1. The van der Waals surface area contributed by atoms with Crippen LogP contribution >= 0.6 is 11.6 Å². The number of pyridine rings is 1. The summed E-state index contributed by atoms with van der Waals surface area (Å²) in [5, 5.41) is 10.5. The van der Waals surface area contributed by atoms with Gasteiger partial charge in [0.1, 0.15) is 0 Å². The summed E-state index contributed by atoms with van der Waals surface area (Å²) >= 11 is 5.80. The van der Waals surface area contributed by atoms with E-state index >= 15 is 0 Å². The molecule has 0 fully saturated rings. The third kappa shape index (κ3) is 1.70. The molecule has 1 heterocycles. The van der Waals surface area contributed by atoms with Gasteiger partial charge in [0.25, 0.3) is 0 Å². The van der Waals surface area contributed by atoms with E-state index in [0.29, 0.717) is 10.5 Å². The number of rotatable bonds is 1. The molecule has 0 bridgehead atoms. The van der Waals surface area contributed by atoms with E-state index in [4.69, 9.17) is 11.6 Å². The molecule has 0 unspecified atom stereocenters. The number of Topliss-reactive ketones (excluding diaryl/α,β-unsaturated/α-hetero) is 1. The standard InChI is InChI=1S/C12H10ClNO3/c1-6-11(7(2)15)12(16)9-5-8(13)3-4-10(9)14(6)17/h3-5,17H,1-2H3. The van der Waals surface area contributed by atoms with Gasteiger partial charge < -0.3 is 5.21 Å². The number of ketones is 1. The highest BCUT2D eigenvalue weighted by Gasteiger charge is 2.16. The average molecular weight is 252 g/mol. The molecule has 0 aliphatic heterocycles. The molecule has 1 aromatic carbocycles. The fourth-order valence-electron chi connectivity index (χ4n) is 1.88. The van der Waals surface area contributed by atoms with Crippen LogP contribution in [0.3, 0.4) is 0 Å². The van der Waals surface area contributed by atoms with Crippen molar-refractivity contribution in [1.82, 2.24) is 4.73 Å². The monoisotopic (exact) mass is 251 g/mol. The summed E-state index contributed by atoms with van der Waals surface area (Å²) in [7, 11) is 0. The van der Waals surface area contributed by atoms with Crippen molar-refractivity contribution < 1.29 is 10.0 Å². The van der Waals surface area contributed by atoms with Crippen LogP contribution < -0.4 is 5.43 Å².